The third-order valence-electron chi connectivity index (χ3n) is 6.04. The van der Waals surface area contributed by atoms with Crippen LogP contribution < -0.4 is 4.90 Å². The molecule has 3 heterocycles. The number of rotatable bonds is 5. The molecule has 1 aromatic heterocycles. The molecule has 2 fully saturated rings. The van der Waals surface area contributed by atoms with E-state index in [9.17, 15) is 0 Å². The molecule has 2 saturated heterocycles. The van der Waals surface area contributed by atoms with Crippen molar-refractivity contribution >= 4 is 18.1 Å². The van der Waals surface area contributed by atoms with E-state index in [-0.39, 0.29) is 12.4 Å². The van der Waals surface area contributed by atoms with E-state index in [0.29, 0.717) is 30.0 Å². The second-order valence-electron chi connectivity index (χ2n) is 8.35. The fourth-order valence-corrected chi connectivity index (χ4v) is 4.28. The number of aryl methyl sites for hydroxylation is 1. The Bertz CT molecular complexity index is 748. The molecule has 0 unspecified atom stereocenters. The van der Waals surface area contributed by atoms with Crippen molar-refractivity contribution in [2.75, 3.05) is 31.1 Å². The Kier molecular flexibility index (Phi) is 7.55. The van der Waals surface area contributed by atoms with Crippen LogP contribution in [0.25, 0.3) is 11.5 Å². The number of piperidine rings is 2. The van der Waals surface area contributed by atoms with Crippen LogP contribution in [-0.2, 0) is 4.74 Å². The molecule has 160 valence electrons. The molecule has 6 nitrogen and oxygen atoms in total. The van der Waals surface area contributed by atoms with E-state index in [4.69, 9.17) is 9.26 Å². The maximum absolute atomic E-state index is 6.44. The Hall–Kier alpha value is -1.63. The van der Waals surface area contributed by atoms with Crippen LogP contribution in [0.5, 0.6) is 0 Å². The highest BCUT2D eigenvalue weighted by Gasteiger charge is 2.26. The molecule has 1 aromatic carbocycles. The number of ether oxygens (including phenoxy) is 1. The Morgan fingerprint density at radius 3 is 2.07 bits per heavy atom. The molecule has 0 bridgehead atoms. The number of aromatic nitrogens is 2. The first-order chi connectivity index (χ1) is 13.6. The number of likely N-dealkylation sites (tertiary alicyclic amines) is 1. The fourth-order valence-electron chi connectivity index (χ4n) is 4.28. The largest absolute Gasteiger partial charge is 0.375 e. The van der Waals surface area contributed by atoms with Gasteiger partial charge in [0.25, 0.3) is 5.89 Å². The molecule has 29 heavy (non-hydrogen) atoms. The Balaban J connectivity index is 0.00000240. The van der Waals surface area contributed by atoms with E-state index in [1.807, 2.05) is 6.92 Å². The van der Waals surface area contributed by atoms with Gasteiger partial charge in [-0.1, -0.05) is 5.16 Å². The van der Waals surface area contributed by atoms with Crippen LogP contribution in [0.3, 0.4) is 0 Å². The molecule has 0 radical (unpaired) electrons. The molecular formula is C22H33ClN4O2. The standard InChI is InChI=1S/C22H32N4O2.ClH/c1-16(2)25-12-8-20(9-13-25)27-21-10-14-26(15-11-21)19-6-4-18(5-7-19)22-23-17(3)24-28-22;/h4-7,16,20-21H,8-15H2,1-3H3;1H. The number of halogens is 1. The summed E-state index contributed by atoms with van der Waals surface area (Å²) in [5.74, 6) is 1.25. The monoisotopic (exact) mass is 420 g/mol. The summed E-state index contributed by atoms with van der Waals surface area (Å²) in [5, 5.41) is 3.86. The van der Waals surface area contributed by atoms with E-state index in [2.05, 4.69) is 58.1 Å². The molecule has 2 aliphatic rings. The van der Waals surface area contributed by atoms with Crippen molar-refractivity contribution in [3.8, 4) is 11.5 Å². The van der Waals surface area contributed by atoms with Gasteiger partial charge in [0.05, 0.1) is 12.2 Å². The maximum atomic E-state index is 6.44. The summed E-state index contributed by atoms with van der Waals surface area (Å²) < 4.78 is 11.7. The number of nitrogens with zero attached hydrogens (tertiary/aromatic N) is 4. The van der Waals surface area contributed by atoms with Crippen molar-refractivity contribution < 1.29 is 9.26 Å². The minimum Gasteiger partial charge on any atom is -0.375 e. The predicted molar refractivity (Wildman–Crippen MR) is 118 cm³/mol. The van der Waals surface area contributed by atoms with Crippen molar-refractivity contribution in [2.45, 2.75) is 64.7 Å². The first-order valence-corrected chi connectivity index (χ1v) is 10.6. The summed E-state index contributed by atoms with van der Waals surface area (Å²) in [5.41, 5.74) is 2.22. The van der Waals surface area contributed by atoms with Gasteiger partial charge in [0, 0.05) is 43.5 Å². The minimum atomic E-state index is 0. The molecule has 4 rings (SSSR count). The molecule has 7 heteroatoms. The molecule has 0 spiro atoms. The molecule has 2 aromatic rings. The lowest BCUT2D eigenvalue weighted by Crippen LogP contribution is -2.43. The van der Waals surface area contributed by atoms with Crippen LogP contribution in [0.4, 0.5) is 5.69 Å². The topological polar surface area (TPSA) is 54.6 Å². The molecule has 0 atom stereocenters. The van der Waals surface area contributed by atoms with Crippen LogP contribution >= 0.6 is 12.4 Å². The van der Waals surface area contributed by atoms with Gasteiger partial charge in [-0.2, -0.15) is 4.98 Å². The number of hydrogen-bond acceptors (Lipinski definition) is 6. The van der Waals surface area contributed by atoms with Crippen LogP contribution in [0.1, 0.15) is 45.4 Å². The summed E-state index contributed by atoms with van der Waals surface area (Å²) >= 11 is 0. The van der Waals surface area contributed by atoms with Crippen LogP contribution in [0.2, 0.25) is 0 Å². The Morgan fingerprint density at radius 2 is 1.55 bits per heavy atom. The highest BCUT2D eigenvalue weighted by Crippen LogP contribution is 2.27. The van der Waals surface area contributed by atoms with Crippen molar-refractivity contribution in [2.24, 2.45) is 0 Å². The maximum Gasteiger partial charge on any atom is 0.257 e. The lowest BCUT2D eigenvalue weighted by Gasteiger charge is -2.38. The van der Waals surface area contributed by atoms with Crippen molar-refractivity contribution in [3.63, 3.8) is 0 Å². The summed E-state index contributed by atoms with van der Waals surface area (Å²) in [7, 11) is 0. The highest BCUT2D eigenvalue weighted by molar-refractivity contribution is 5.85. The van der Waals surface area contributed by atoms with Crippen molar-refractivity contribution in [1.82, 2.24) is 15.0 Å². The summed E-state index contributed by atoms with van der Waals surface area (Å²) in [6.07, 6.45) is 5.42. The number of hydrogen-bond donors (Lipinski definition) is 0. The van der Waals surface area contributed by atoms with Gasteiger partial charge in [0.2, 0.25) is 0 Å². The smallest absolute Gasteiger partial charge is 0.257 e. The van der Waals surface area contributed by atoms with Gasteiger partial charge in [0.1, 0.15) is 0 Å². The quantitative estimate of drug-likeness (QED) is 0.717. The lowest BCUT2D eigenvalue weighted by atomic mass is 10.0. The van der Waals surface area contributed by atoms with Crippen LogP contribution in [-0.4, -0.2) is 59.5 Å². The van der Waals surface area contributed by atoms with E-state index >= 15 is 0 Å². The molecule has 0 saturated carbocycles. The van der Waals surface area contributed by atoms with E-state index in [0.717, 1.165) is 31.5 Å². The average Bonchev–Trinajstić information content (AvgIpc) is 3.15. The molecule has 0 N–H and O–H groups in total. The normalized spacial score (nSPS) is 19.5. The van der Waals surface area contributed by atoms with Gasteiger partial charge in [0.15, 0.2) is 5.82 Å². The van der Waals surface area contributed by atoms with Gasteiger partial charge in [-0.05, 0) is 70.7 Å². The zero-order chi connectivity index (χ0) is 19.5. The van der Waals surface area contributed by atoms with Gasteiger partial charge in [-0.3, -0.25) is 0 Å². The molecule has 0 amide bonds. The lowest BCUT2D eigenvalue weighted by molar-refractivity contribution is -0.0540. The summed E-state index contributed by atoms with van der Waals surface area (Å²) in [6.45, 7) is 10.9. The number of anilines is 1. The Morgan fingerprint density at radius 1 is 0.966 bits per heavy atom. The van der Waals surface area contributed by atoms with Crippen molar-refractivity contribution in [3.05, 3.63) is 30.1 Å². The van der Waals surface area contributed by atoms with Gasteiger partial charge in [-0.25, -0.2) is 0 Å². The Labute approximate surface area is 180 Å². The van der Waals surface area contributed by atoms with Crippen LogP contribution in [0, 0.1) is 6.92 Å². The van der Waals surface area contributed by atoms with Gasteiger partial charge in [-0.15, -0.1) is 12.4 Å². The molecular weight excluding hydrogens is 388 g/mol. The zero-order valence-electron chi connectivity index (χ0n) is 17.7. The average molecular weight is 421 g/mol. The molecule has 2 aliphatic heterocycles. The summed E-state index contributed by atoms with van der Waals surface area (Å²) in [6, 6.07) is 9.08. The first-order valence-electron chi connectivity index (χ1n) is 10.6. The van der Waals surface area contributed by atoms with Gasteiger partial charge < -0.3 is 19.1 Å². The second kappa shape index (κ2) is 9.92. The van der Waals surface area contributed by atoms with Gasteiger partial charge >= 0.3 is 0 Å². The third kappa shape index (κ3) is 5.50. The molecule has 0 aliphatic carbocycles. The van der Waals surface area contributed by atoms with Crippen molar-refractivity contribution in [1.29, 1.82) is 0 Å². The van der Waals surface area contributed by atoms with E-state index in [1.165, 1.54) is 31.6 Å². The third-order valence-corrected chi connectivity index (χ3v) is 6.04. The first kappa shape index (κ1) is 22.1. The highest BCUT2D eigenvalue weighted by atomic mass is 35.5. The summed E-state index contributed by atoms with van der Waals surface area (Å²) in [4.78, 5) is 9.30. The number of benzene rings is 1. The zero-order valence-corrected chi connectivity index (χ0v) is 18.5. The van der Waals surface area contributed by atoms with E-state index < -0.39 is 0 Å². The van der Waals surface area contributed by atoms with Crippen LogP contribution in [0.15, 0.2) is 28.8 Å². The predicted octanol–water partition coefficient (Wildman–Crippen LogP) is 4.33. The van der Waals surface area contributed by atoms with E-state index in [1.54, 1.807) is 0 Å². The second-order valence-corrected chi connectivity index (χ2v) is 8.35. The minimum absolute atomic E-state index is 0. The SMILES string of the molecule is Cc1noc(-c2ccc(N3CCC(OC4CCN(C(C)C)CC4)CC3)cc2)n1.Cl. The fraction of sp³-hybridized carbons (Fsp3) is 0.636.